The Morgan fingerprint density at radius 3 is 2.45 bits per heavy atom. The number of ether oxygens (including phenoxy) is 1. The molecule has 0 spiro atoms. The van der Waals surface area contributed by atoms with E-state index in [1.165, 1.54) is 42.6 Å². The molecule has 0 fully saturated rings. The molecule has 1 aromatic carbocycles. The standard InChI is InChI=1S/C30H40O3/c1-21(14-16-25-23(3)13-10-18-30(25,7)8)11-9-12-22(2)19-28(32)33-27-17-15-24(31)20-26(27)29(4,5)6/h9,11-12,14-17,19-20,31H,10,13,18H2,1-8H3/b12-9+,16-14+,21-11+,22-19+. The first-order valence-electron chi connectivity index (χ1n) is 11.8. The summed E-state index contributed by atoms with van der Waals surface area (Å²) in [5, 5.41) is 9.80. The topological polar surface area (TPSA) is 46.5 Å². The van der Waals surface area contributed by atoms with Crippen LogP contribution in [0.5, 0.6) is 11.5 Å². The molecule has 0 radical (unpaired) electrons. The molecule has 33 heavy (non-hydrogen) atoms. The third-order valence-corrected chi connectivity index (χ3v) is 6.10. The summed E-state index contributed by atoms with van der Waals surface area (Å²) in [5.41, 5.74) is 5.66. The van der Waals surface area contributed by atoms with Crippen molar-refractivity contribution in [3.05, 3.63) is 82.5 Å². The van der Waals surface area contributed by atoms with Crippen LogP contribution < -0.4 is 4.74 Å². The fourth-order valence-electron chi connectivity index (χ4n) is 4.20. The summed E-state index contributed by atoms with van der Waals surface area (Å²) < 4.78 is 5.57. The van der Waals surface area contributed by atoms with Gasteiger partial charge >= 0.3 is 5.97 Å². The van der Waals surface area contributed by atoms with Crippen molar-refractivity contribution < 1.29 is 14.6 Å². The van der Waals surface area contributed by atoms with Gasteiger partial charge in [-0.1, -0.05) is 76.1 Å². The van der Waals surface area contributed by atoms with E-state index in [-0.39, 0.29) is 16.6 Å². The maximum absolute atomic E-state index is 12.4. The Kier molecular flexibility index (Phi) is 8.71. The molecule has 0 aromatic heterocycles. The van der Waals surface area contributed by atoms with Crippen LogP contribution in [0.4, 0.5) is 0 Å². The lowest BCUT2D eigenvalue weighted by Gasteiger charge is -2.32. The van der Waals surface area contributed by atoms with Crippen LogP contribution in [0, 0.1) is 5.41 Å². The van der Waals surface area contributed by atoms with Crippen LogP contribution in [0.15, 0.2) is 76.9 Å². The smallest absolute Gasteiger partial charge is 0.336 e. The number of carbonyl (C=O) groups is 1. The Morgan fingerprint density at radius 2 is 1.82 bits per heavy atom. The van der Waals surface area contributed by atoms with Crippen LogP contribution >= 0.6 is 0 Å². The SMILES string of the molecule is CC1=C(/C=C/C(C)=C/C=C/C(C)=C/C(=O)Oc2ccc(O)cc2C(C)(C)C)C(C)(C)CCC1. The summed E-state index contributed by atoms with van der Waals surface area (Å²) in [4.78, 5) is 12.4. The van der Waals surface area contributed by atoms with E-state index in [0.29, 0.717) is 5.75 Å². The molecule has 0 saturated heterocycles. The number of esters is 1. The van der Waals surface area contributed by atoms with Crippen LogP contribution in [0.2, 0.25) is 0 Å². The number of phenolic OH excluding ortho intramolecular Hbond substituents is 1. The first-order valence-corrected chi connectivity index (χ1v) is 11.8. The predicted octanol–water partition coefficient (Wildman–Crippen LogP) is 8.13. The number of hydrogen-bond donors (Lipinski definition) is 1. The zero-order valence-electron chi connectivity index (χ0n) is 21.6. The number of allylic oxidation sites excluding steroid dienone is 9. The molecule has 178 valence electrons. The van der Waals surface area contributed by atoms with Crippen LogP contribution in [0.3, 0.4) is 0 Å². The Hall–Kier alpha value is -2.81. The molecular weight excluding hydrogens is 408 g/mol. The molecule has 3 nitrogen and oxygen atoms in total. The highest BCUT2D eigenvalue weighted by atomic mass is 16.5. The zero-order chi connectivity index (χ0) is 24.8. The van der Waals surface area contributed by atoms with E-state index in [4.69, 9.17) is 4.74 Å². The summed E-state index contributed by atoms with van der Waals surface area (Å²) in [5.74, 6) is 0.189. The molecule has 0 heterocycles. The molecule has 0 amide bonds. The minimum absolute atomic E-state index is 0.157. The lowest BCUT2D eigenvalue weighted by Crippen LogP contribution is -2.19. The highest BCUT2D eigenvalue weighted by Crippen LogP contribution is 2.40. The molecule has 0 aliphatic heterocycles. The van der Waals surface area contributed by atoms with Crippen molar-refractivity contribution in [1.29, 1.82) is 0 Å². The molecule has 1 aliphatic carbocycles. The Balaban J connectivity index is 2.05. The van der Waals surface area contributed by atoms with Crippen molar-refractivity contribution in [2.45, 2.75) is 80.1 Å². The van der Waals surface area contributed by atoms with Gasteiger partial charge in [0, 0.05) is 11.6 Å². The summed E-state index contributed by atoms with van der Waals surface area (Å²) in [7, 11) is 0. The van der Waals surface area contributed by atoms with E-state index in [2.05, 4.69) is 39.8 Å². The second-order valence-electron chi connectivity index (χ2n) is 10.8. The fourth-order valence-corrected chi connectivity index (χ4v) is 4.20. The number of hydrogen-bond acceptors (Lipinski definition) is 3. The van der Waals surface area contributed by atoms with Gasteiger partial charge in [0.1, 0.15) is 11.5 Å². The average molecular weight is 449 g/mol. The Labute approximate surface area is 200 Å². The van der Waals surface area contributed by atoms with Crippen molar-refractivity contribution in [1.82, 2.24) is 0 Å². The van der Waals surface area contributed by atoms with E-state index >= 15 is 0 Å². The highest BCUT2D eigenvalue weighted by Gasteiger charge is 2.26. The molecule has 1 N–H and O–H groups in total. The molecule has 1 aromatic rings. The number of rotatable bonds is 6. The van der Waals surface area contributed by atoms with Crippen molar-refractivity contribution in [3.63, 3.8) is 0 Å². The van der Waals surface area contributed by atoms with Crippen LogP contribution in [0.25, 0.3) is 0 Å². The first-order chi connectivity index (χ1) is 15.3. The maximum atomic E-state index is 12.4. The third-order valence-electron chi connectivity index (χ3n) is 6.10. The lowest BCUT2D eigenvalue weighted by molar-refractivity contribution is -0.129. The van der Waals surface area contributed by atoms with Gasteiger partial charge in [0.05, 0.1) is 0 Å². The Bertz CT molecular complexity index is 1020. The van der Waals surface area contributed by atoms with Gasteiger partial charge in [-0.25, -0.2) is 4.79 Å². The van der Waals surface area contributed by atoms with E-state index in [1.807, 2.05) is 45.9 Å². The van der Waals surface area contributed by atoms with Gasteiger partial charge in [-0.3, -0.25) is 0 Å². The number of aromatic hydroxyl groups is 1. The normalized spacial score (nSPS) is 17.8. The van der Waals surface area contributed by atoms with Crippen molar-refractivity contribution in [3.8, 4) is 11.5 Å². The Morgan fingerprint density at radius 1 is 1.12 bits per heavy atom. The summed E-state index contributed by atoms with van der Waals surface area (Å²) in [6.45, 7) is 16.9. The minimum Gasteiger partial charge on any atom is -0.508 e. The van der Waals surface area contributed by atoms with Crippen LogP contribution in [-0.4, -0.2) is 11.1 Å². The molecule has 0 atom stereocenters. The van der Waals surface area contributed by atoms with E-state index < -0.39 is 5.97 Å². The molecule has 3 heteroatoms. The van der Waals surface area contributed by atoms with E-state index in [9.17, 15) is 9.90 Å². The maximum Gasteiger partial charge on any atom is 0.336 e. The summed E-state index contributed by atoms with van der Waals surface area (Å²) in [6, 6.07) is 4.81. The van der Waals surface area contributed by atoms with Gasteiger partial charge in [-0.05, 0) is 80.2 Å². The molecule has 0 unspecified atom stereocenters. The quantitative estimate of drug-likeness (QED) is 0.207. The zero-order valence-corrected chi connectivity index (χ0v) is 21.6. The predicted molar refractivity (Wildman–Crippen MR) is 139 cm³/mol. The van der Waals surface area contributed by atoms with Gasteiger partial charge < -0.3 is 9.84 Å². The lowest BCUT2D eigenvalue weighted by atomic mass is 9.72. The third kappa shape index (κ3) is 7.92. The van der Waals surface area contributed by atoms with Gasteiger partial charge in [0.2, 0.25) is 0 Å². The summed E-state index contributed by atoms with van der Waals surface area (Å²) >= 11 is 0. The first kappa shape index (κ1) is 26.4. The molecule has 0 bridgehead atoms. The van der Waals surface area contributed by atoms with Gasteiger partial charge in [-0.2, -0.15) is 0 Å². The van der Waals surface area contributed by atoms with Crippen LogP contribution in [0.1, 0.15) is 80.2 Å². The number of carbonyl (C=O) groups excluding carboxylic acids is 1. The largest absolute Gasteiger partial charge is 0.508 e. The minimum atomic E-state index is -0.434. The molecular formula is C30H40O3. The van der Waals surface area contributed by atoms with Gasteiger partial charge in [-0.15, -0.1) is 0 Å². The van der Waals surface area contributed by atoms with E-state index in [0.717, 1.165) is 16.7 Å². The highest BCUT2D eigenvalue weighted by molar-refractivity contribution is 5.85. The van der Waals surface area contributed by atoms with Crippen molar-refractivity contribution in [2.75, 3.05) is 0 Å². The summed E-state index contributed by atoms with van der Waals surface area (Å²) in [6.07, 6.45) is 15.5. The average Bonchev–Trinajstić information content (AvgIpc) is 2.67. The van der Waals surface area contributed by atoms with Crippen LogP contribution in [-0.2, 0) is 10.2 Å². The second kappa shape index (κ2) is 10.9. The number of phenols is 1. The monoisotopic (exact) mass is 448 g/mol. The molecule has 0 saturated carbocycles. The molecule has 1 aliphatic rings. The van der Waals surface area contributed by atoms with Gasteiger partial charge in [0.15, 0.2) is 0 Å². The molecule has 2 rings (SSSR count). The van der Waals surface area contributed by atoms with E-state index in [1.54, 1.807) is 12.1 Å². The van der Waals surface area contributed by atoms with Crippen molar-refractivity contribution >= 4 is 5.97 Å². The second-order valence-corrected chi connectivity index (χ2v) is 10.8. The number of benzene rings is 1. The van der Waals surface area contributed by atoms with Crippen molar-refractivity contribution in [2.24, 2.45) is 5.41 Å². The van der Waals surface area contributed by atoms with Gasteiger partial charge in [0.25, 0.3) is 0 Å². The fraction of sp³-hybridized carbons (Fsp3) is 0.433.